The maximum absolute atomic E-state index is 5.49. The number of hydrogen-bond donors (Lipinski definition) is 1. The molecule has 2 nitrogen and oxygen atoms in total. The molecule has 1 N–H and O–H groups in total. The van der Waals surface area contributed by atoms with Gasteiger partial charge in [0.15, 0.2) is 0 Å². The minimum absolute atomic E-state index is 0.0844. The van der Waals surface area contributed by atoms with Gasteiger partial charge in [-0.25, -0.2) is 0 Å². The molecule has 66 valence electrons. The third kappa shape index (κ3) is 1.40. The van der Waals surface area contributed by atoms with Gasteiger partial charge in [-0.2, -0.15) is 11.3 Å². The Hall–Kier alpha value is -0.380. The quantitative estimate of drug-likeness (QED) is 0.762. The molecule has 0 bridgehead atoms. The van der Waals surface area contributed by atoms with Crippen LogP contribution < -0.4 is 5.32 Å². The predicted octanol–water partition coefficient (Wildman–Crippen LogP) is 1.28. The molecule has 1 aliphatic rings. The van der Waals surface area contributed by atoms with Crippen molar-refractivity contribution in [2.75, 3.05) is 20.2 Å². The van der Waals surface area contributed by atoms with Crippen molar-refractivity contribution in [1.29, 1.82) is 0 Å². The summed E-state index contributed by atoms with van der Waals surface area (Å²) in [6, 6.07) is 2.17. The standard InChI is InChI=1S/C9H13NOS/c1-11-9(6-10-7-9)4-8-2-3-12-5-8/h2-3,5,10H,4,6-7H2,1H3. The van der Waals surface area contributed by atoms with E-state index >= 15 is 0 Å². The highest BCUT2D eigenvalue weighted by molar-refractivity contribution is 7.07. The van der Waals surface area contributed by atoms with Crippen LogP contribution in [0.25, 0.3) is 0 Å². The summed E-state index contributed by atoms with van der Waals surface area (Å²) in [5, 5.41) is 7.55. The Kier molecular flexibility index (Phi) is 2.17. The normalized spacial score (nSPS) is 20.4. The zero-order valence-corrected chi connectivity index (χ0v) is 7.99. The van der Waals surface area contributed by atoms with Crippen molar-refractivity contribution >= 4 is 11.3 Å². The number of thiophene rings is 1. The maximum atomic E-state index is 5.49. The average molecular weight is 183 g/mol. The minimum atomic E-state index is 0.0844. The maximum Gasteiger partial charge on any atom is 0.0966 e. The first-order valence-electron chi connectivity index (χ1n) is 4.12. The van der Waals surface area contributed by atoms with Crippen molar-refractivity contribution in [3.8, 4) is 0 Å². The van der Waals surface area contributed by atoms with Gasteiger partial charge in [0.25, 0.3) is 0 Å². The second kappa shape index (κ2) is 3.17. The molecule has 3 heteroatoms. The van der Waals surface area contributed by atoms with E-state index in [1.165, 1.54) is 5.56 Å². The molecule has 1 aromatic rings. The number of rotatable bonds is 3. The third-order valence-electron chi connectivity index (χ3n) is 2.43. The average Bonchev–Trinajstić information content (AvgIpc) is 2.49. The first-order valence-corrected chi connectivity index (χ1v) is 5.06. The largest absolute Gasteiger partial charge is 0.375 e. The van der Waals surface area contributed by atoms with Gasteiger partial charge < -0.3 is 10.1 Å². The molecule has 1 aromatic heterocycles. The highest BCUT2D eigenvalue weighted by Crippen LogP contribution is 2.22. The van der Waals surface area contributed by atoms with Gasteiger partial charge in [0.2, 0.25) is 0 Å². The fraction of sp³-hybridized carbons (Fsp3) is 0.556. The molecule has 1 saturated heterocycles. The van der Waals surface area contributed by atoms with Crippen LogP contribution >= 0.6 is 11.3 Å². The molecule has 0 radical (unpaired) electrons. The minimum Gasteiger partial charge on any atom is -0.375 e. The Balaban J connectivity index is 2.01. The first kappa shape index (κ1) is 8.23. The molecule has 0 aromatic carbocycles. The second-order valence-corrected chi connectivity index (χ2v) is 4.08. The van der Waals surface area contributed by atoms with E-state index in [0.717, 1.165) is 19.5 Å². The molecule has 0 amide bonds. The summed E-state index contributed by atoms with van der Waals surface area (Å²) >= 11 is 1.75. The van der Waals surface area contributed by atoms with Gasteiger partial charge in [-0.1, -0.05) is 0 Å². The van der Waals surface area contributed by atoms with Crippen LogP contribution in [0.5, 0.6) is 0 Å². The topological polar surface area (TPSA) is 21.3 Å². The Morgan fingerprint density at radius 3 is 2.92 bits per heavy atom. The first-order chi connectivity index (χ1) is 5.85. The Labute approximate surface area is 76.6 Å². The van der Waals surface area contributed by atoms with Gasteiger partial charge in [0.1, 0.15) is 0 Å². The van der Waals surface area contributed by atoms with E-state index < -0.39 is 0 Å². The molecule has 2 heterocycles. The lowest BCUT2D eigenvalue weighted by Crippen LogP contribution is -2.61. The summed E-state index contributed by atoms with van der Waals surface area (Å²) in [4.78, 5) is 0. The molecule has 0 spiro atoms. The molecule has 0 atom stereocenters. The third-order valence-corrected chi connectivity index (χ3v) is 3.17. The van der Waals surface area contributed by atoms with Gasteiger partial charge in [0, 0.05) is 26.6 Å². The fourth-order valence-corrected chi connectivity index (χ4v) is 2.18. The van der Waals surface area contributed by atoms with E-state index in [2.05, 4.69) is 22.1 Å². The highest BCUT2D eigenvalue weighted by atomic mass is 32.1. The van der Waals surface area contributed by atoms with E-state index in [1.54, 1.807) is 18.4 Å². The second-order valence-electron chi connectivity index (χ2n) is 3.30. The lowest BCUT2D eigenvalue weighted by atomic mass is 9.90. The van der Waals surface area contributed by atoms with Crippen LogP contribution in [0.1, 0.15) is 5.56 Å². The lowest BCUT2D eigenvalue weighted by Gasteiger charge is -2.41. The van der Waals surface area contributed by atoms with Gasteiger partial charge in [-0.3, -0.25) is 0 Å². The van der Waals surface area contributed by atoms with E-state index in [1.807, 2.05) is 0 Å². The zero-order chi connectivity index (χ0) is 8.44. The summed E-state index contributed by atoms with van der Waals surface area (Å²) in [6.07, 6.45) is 1.04. The van der Waals surface area contributed by atoms with Crippen LogP contribution in [0.3, 0.4) is 0 Å². The summed E-state index contributed by atoms with van der Waals surface area (Å²) < 4.78 is 5.49. The molecule has 1 fully saturated rings. The number of ether oxygens (including phenoxy) is 1. The van der Waals surface area contributed by atoms with E-state index in [-0.39, 0.29) is 5.60 Å². The molecular weight excluding hydrogens is 170 g/mol. The molecule has 2 rings (SSSR count). The van der Waals surface area contributed by atoms with Crippen LogP contribution in [0.15, 0.2) is 16.8 Å². The van der Waals surface area contributed by atoms with Crippen molar-refractivity contribution in [3.63, 3.8) is 0 Å². The van der Waals surface area contributed by atoms with Crippen molar-refractivity contribution in [3.05, 3.63) is 22.4 Å². The van der Waals surface area contributed by atoms with E-state index in [4.69, 9.17) is 4.74 Å². The molecular formula is C9H13NOS. The fourth-order valence-electron chi connectivity index (χ4n) is 1.51. The molecule has 0 saturated carbocycles. The van der Waals surface area contributed by atoms with Crippen molar-refractivity contribution in [1.82, 2.24) is 5.32 Å². The SMILES string of the molecule is COC1(Cc2ccsc2)CNC1. The van der Waals surface area contributed by atoms with Gasteiger partial charge in [-0.05, 0) is 22.4 Å². The van der Waals surface area contributed by atoms with Crippen LogP contribution in [0.2, 0.25) is 0 Å². The molecule has 0 aliphatic carbocycles. The van der Waals surface area contributed by atoms with E-state index in [0.29, 0.717) is 0 Å². The summed E-state index contributed by atoms with van der Waals surface area (Å²) in [6.45, 7) is 1.97. The van der Waals surface area contributed by atoms with Gasteiger partial charge >= 0.3 is 0 Å². The lowest BCUT2D eigenvalue weighted by molar-refractivity contribution is -0.0501. The Morgan fingerprint density at radius 1 is 1.67 bits per heavy atom. The predicted molar refractivity (Wildman–Crippen MR) is 50.6 cm³/mol. The summed E-state index contributed by atoms with van der Waals surface area (Å²) in [7, 11) is 1.80. The summed E-state index contributed by atoms with van der Waals surface area (Å²) in [5.41, 5.74) is 1.48. The Morgan fingerprint density at radius 2 is 2.50 bits per heavy atom. The van der Waals surface area contributed by atoms with Crippen LogP contribution in [0.4, 0.5) is 0 Å². The van der Waals surface area contributed by atoms with Crippen molar-refractivity contribution in [2.24, 2.45) is 0 Å². The van der Waals surface area contributed by atoms with Crippen LogP contribution in [-0.4, -0.2) is 25.8 Å². The summed E-state index contributed by atoms with van der Waals surface area (Å²) in [5.74, 6) is 0. The number of hydrogen-bond acceptors (Lipinski definition) is 3. The van der Waals surface area contributed by atoms with Crippen LogP contribution in [-0.2, 0) is 11.2 Å². The zero-order valence-electron chi connectivity index (χ0n) is 7.17. The smallest absolute Gasteiger partial charge is 0.0966 e. The van der Waals surface area contributed by atoms with Crippen molar-refractivity contribution in [2.45, 2.75) is 12.0 Å². The number of nitrogens with one attached hydrogen (secondary N) is 1. The highest BCUT2D eigenvalue weighted by Gasteiger charge is 2.36. The Bertz CT molecular complexity index is 236. The molecule has 1 aliphatic heterocycles. The van der Waals surface area contributed by atoms with E-state index in [9.17, 15) is 0 Å². The molecule has 0 unspecified atom stereocenters. The number of methoxy groups -OCH3 is 1. The molecule has 12 heavy (non-hydrogen) atoms. The van der Waals surface area contributed by atoms with Gasteiger partial charge in [0.05, 0.1) is 5.60 Å². The monoisotopic (exact) mass is 183 g/mol. The van der Waals surface area contributed by atoms with Crippen molar-refractivity contribution < 1.29 is 4.74 Å². The van der Waals surface area contributed by atoms with Crippen LogP contribution in [0, 0.1) is 0 Å². The van der Waals surface area contributed by atoms with Gasteiger partial charge in [-0.15, -0.1) is 0 Å².